The van der Waals surface area contributed by atoms with Gasteiger partial charge in [0.15, 0.2) is 0 Å². The monoisotopic (exact) mass is 491 g/mol. The Kier molecular flexibility index (Phi) is 9.50. The molecule has 3 N–H and O–H groups in total. The molecule has 0 spiro atoms. The Labute approximate surface area is 206 Å². The van der Waals surface area contributed by atoms with E-state index in [1.54, 1.807) is 46.8 Å². The quantitative estimate of drug-likeness (QED) is 0.452. The van der Waals surface area contributed by atoms with Gasteiger partial charge in [-0.25, -0.2) is 4.79 Å². The van der Waals surface area contributed by atoms with Crippen LogP contribution in [0.5, 0.6) is 5.75 Å². The fourth-order valence-corrected chi connectivity index (χ4v) is 3.71. The number of phenols is 1. The first-order valence-corrected chi connectivity index (χ1v) is 11.8. The summed E-state index contributed by atoms with van der Waals surface area (Å²) < 4.78 is 9.97. The molecule has 0 aromatic heterocycles. The molecule has 0 bridgehead atoms. The third-order valence-corrected chi connectivity index (χ3v) is 5.70. The van der Waals surface area contributed by atoms with Gasteiger partial charge < -0.3 is 30.1 Å². The highest BCUT2D eigenvalue weighted by molar-refractivity contribution is 5.93. The minimum Gasteiger partial charge on any atom is -0.508 e. The van der Waals surface area contributed by atoms with Crippen LogP contribution in [0, 0.1) is 5.92 Å². The molecule has 1 aliphatic carbocycles. The fourth-order valence-electron chi connectivity index (χ4n) is 3.71. The molecule has 35 heavy (non-hydrogen) atoms. The Morgan fingerprint density at radius 3 is 2.17 bits per heavy atom. The lowest BCUT2D eigenvalue weighted by atomic mass is 9.87. The molecular formula is C25H37N3O7. The van der Waals surface area contributed by atoms with Gasteiger partial charge in [0.25, 0.3) is 0 Å². The van der Waals surface area contributed by atoms with E-state index in [1.807, 2.05) is 0 Å². The van der Waals surface area contributed by atoms with Crippen LogP contribution in [0.15, 0.2) is 24.3 Å². The number of ether oxygens (including phenoxy) is 2. The van der Waals surface area contributed by atoms with Crippen LogP contribution >= 0.6 is 0 Å². The maximum Gasteiger partial charge on any atom is 0.408 e. The number of amides is 3. The van der Waals surface area contributed by atoms with Gasteiger partial charge >= 0.3 is 12.1 Å². The molecule has 1 aliphatic rings. The van der Waals surface area contributed by atoms with Crippen molar-refractivity contribution in [3.05, 3.63) is 29.8 Å². The van der Waals surface area contributed by atoms with Gasteiger partial charge in [0, 0.05) is 6.04 Å². The number of methoxy groups -OCH3 is 1. The van der Waals surface area contributed by atoms with Gasteiger partial charge in [-0.3, -0.25) is 14.4 Å². The molecule has 0 radical (unpaired) electrons. The maximum atomic E-state index is 13.9. The number of hydrogen-bond donors (Lipinski definition) is 3. The lowest BCUT2D eigenvalue weighted by Gasteiger charge is -2.44. The van der Waals surface area contributed by atoms with Gasteiger partial charge in [0.1, 0.15) is 30.0 Å². The Balaban J connectivity index is 2.44. The van der Waals surface area contributed by atoms with Crippen LogP contribution in [0.1, 0.15) is 65.5 Å². The van der Waals surface area contributed by atoms with Crippen molar-refractivity contribution in [3.63, 3.8) is 0 Å². The van der Waals surface area contributed by atoms with Crippen molar-refractivity contribution in [2.45, 2.75) is 77.6 Å². The van der Waals surface area contributed by atoms with Crippen molar-refractivity contribution in [2.24, 2.45) is 5.92 Å². The molecular weight excluding hydrogens is 454 g/mol. The third kappa shape index (κ3) is 7.87. The van der Waals surface area contributed by atoms with E-state index < -0.39 is 41.6 Å². The summed E-state index contributed by atoms with van der Waals surface area (Å²) in [5, 5.41) is 15.0. The van der Waals surface area contributed by atoms with E-state index in [4.69, 9.17) is 4.74 Å². The van der Waals surface area contributed by atoms with Crippen molar-refractivity contribution in [3.8, 4) is 5.75 Å². The predicted molar refractivity (Wildman–Crippen MR) is 128 cm³/mol. The highest BCUT2D eigenvalue weighted by Gasteiger charge is 2.42. The van der Waals surface area contributed by atoms with Crippen molar-refractivity contribution in [1.29, 1.82) is 0 Å². The lowest BCUT2D eigenvalue weighted by Crippen LogP contribution is -2.59. The van der Waals surface area contributed by atoms with E-state index in [0.29, 0.717) is 18.4 Å². The first-order chi connectivity index (χ1) is 16.3. The summed E-state index contributed by atoms with van der Waals surface area (Å²) in [7, 11) is 1.21. The number of esters is 1. The number of phenolic OH excluding ortho intramolecular Hbond substituents is 1. The summed E-state index contributed by atoms with van der Waals surface area (Å²) >= 11 is 0. The van der Waals surface area contributed by atoms with Crippen molar-refractivity contribution >= 4 is 23.9 Å². The molecule has 1 aromatic rings. The fraction of sp³-hybridized carbons (Fsp3) is 0.600. The second kappa shape index (κ2) is 11.9. The average Bonchev–Trinajstić information content (AvgIpc) is 2.73. The van der Waals surface area contributed by atoms with Crippen LogP contribution in [0.3, 0.4) is 0 Å². The molecule has 1 fully saturated rings. The van der Waals surface area contributed by atoms with Gasteiger partial charge in [-0.2, -0.15) is 0 Å². The highest BCUT2D eigenvalue weighted by Crippen LogP contribution is 2.34. The number of benzene rings is 1. The van der Waals surface area contributed by atoms with Crippen LogP contribution < -0.4 is 10.6 Å². The van der Waals surface area contributed by atoms with Crippen molar-refractivity contribution in [1.82, 2.24) is 15.5 Å². The third-order valence-electron chi connectivity index (χ3n) is 5.70. The number of nitrogens with one attached hydrogen (secondary N) is 2. The van der Waals surface area contributed by atoms with Gasteiger partial charge in [-0.15, -0.1) is 0 Å². The zero-order valence-corrected chi connectivity index (χ0v) is 21.3. The van der Waals surface area contributed by atoms with Gasteiger partial charge in [-0.1, -0.05) is 26.0 Å². The van der Waals surface area contributed by atoms with Crippen molar-refractivity contribution in [2.75, 3.05) is 13.7 Å². The van der Waals surface area contributed by atoms with Crippen LogP contribution in [-0.4, -0.2) is 65.2 Å². The molecule has 1 aromatic carbocycles. The maximum absolute atomic E-state index is 13.9. The molecule has 2 atom stereocenters. The number of rotatable bonds is 9. The standard InChI is InChI=1S/C25H37N3O7/c1-15(2)20(27-24(33)35-25(3,4)5)23(32)28(17-8-7-9-17)21(16-10-12-18(29)13-11-16)22(31)26-14-19(30)34-6/h10-13,15,17,20-21,29H,7-9,14H2,1-6H3,(H,26,31)(H,27,33). The first kappa shape index (κ1) is 27.9. The molecule has 0 saturated heterocycles. The number of alkyl carbamates (subject to hydrolysis) is 1. The van der Waals surface area contributed by atoms with Crippen LogP contribution in [0.25, 0.3) is 0 Å². The molecule has 2 rings (SSSR count). The van der Waals surface area contributed by atoms with E-state index in [1.165, 1.54) is 24.1 Å². The number of carbonyl (C=O) groups excluding carboxylic acids is 4. The molecule has 10 heteroatoms. The topological polar surface area (TPSA) is 134 Å². The van der Waals surface area contributed by atoms with Crippen molar-refractivity contribution < 1.29 is 33.8 Å². The summed E-state index contributed by atoms with van der Waals surface area (Å²) in [6.45, 7) is 8.42. The zero-order chi connectivity index (χ0) is 26.3. The van der Waals surface area contributed by atoms with E-state index in [-0.39, 0.29) is 24.3 Å². The minimum atomic E-state index is -1.08. The second-order valence-corrected chi connectivity index (χ2v) is 9.99. The molecule has 10 nitrogen and oxygen atoms in total. The van der Waals surface area contributed by atoms with Crippen LogP contribution in [0.4, 0.5) is 4.79 Å². The Morgan fingerprint density at radius 1 is 1.11 bits per heavy atom. The molecule has 0 heterocycles. The molecule has 3 amide bonds. The summed E-state index contributed by atoms with van der Waals surface area (Å²) in [6, 6.07) is 3.71. The normalized spacial score (nSPS) is 15.4. The van der Waals surface area contributed by atoms with Crippen LogP contribution in [0.2, 0.25) is 0 Å². The SMILES string of the molecule is COC(=O)CNC(=O)C(c1ccc(O)cc1)N(C(=O)C(NC(=O)OC(C)(C)C)C(C)C)C1CCC1. The minimum absolute atomic E-state index is 0.00985. The Hall–Kier alpha value is -3.30. The Morgan fingerprint density at radius 2 is 1.71 bits per heavy atom. The number of carbonyl (C=O) groups is 4. The molecule has 1 saturated carbocycles. The summed E-state index contributed by atoms with van der Waals surface area (Å²) in [5.41, 5.74) is -0.282. The first-order valence-electron chi connectivity index (χ1n) is 11.8. The van der Waals surface area contributed by atoms with Gasteiger partial charge in [0.2, 0.25) is 11.8 Å². The largest absolute Gasteiger partial charge is 0.508 e. The molecule has 0 aliphatic heterocycles. The summed E-state index contributed by atoms with van der Waals surface area (Å²) in [6.07, 6.45) is 1.56. The number of nitrogens with zero attached hydrogens (tertiary/aromatic N) is 1. The summed E-state index contributed by atoms with van der Waals surface area (Å²) in [4.78, 5) is 52.9. The average molecular weight is 492 g/mol. The number of hydrogen-bond acceptors (Lipinski definition) is 7. The van der Waals surface area contributed by atoms with E-state index in [0.717, 1.165) is 6.42 Å². The molecule has 2 unspecified atom stereocenters. The zero-order valence-electron chi connectivity index (χ0n) is 21.3. The highest BCUT2D eigenvalue weighted by atomic mass is 16.6. The van der Waals surface area contributed by atoms with E-state index in [2.05, 4.69) is 15.4 Å². The summed E-state index contributed by atoms with van der Waals surface area (Å²) in [5.74, 6) is -1.91. The van der Waals surface area contributed by atoms with E-state index in [9.17, 15) is 24.3 Å². The Bertz CT molecular complexity index is 905. The van der Waals surface area contributed by atoms with Gasteiger partial charge in [0.05, 0.1) is 7.11 Å². The molecule has 194 valence electrons. The lowest BCUT2D eigenvalue weighted by molar-refractivity contribution is -0.149. The van der Waals surface area contributed by atoms with E-state index >= 15 is 0 Å². The number of aromatic hydroxyl groups is 1. The van der Waals surface area contributed by atoms with Gasteiger partial charge in [-0.05, 0) is 63.6 Å². The van der Waals surface area contributed by atoms with Crippen LogP contribution in [-0.2, 0) is 23.9 Å². The smallest absolute Gasteiger partial charge is 0.408 e. The predicted octanol–water partition coefficient (Wildman–Crippen LogP) is 2.65. The second-order valence-electron chi connectivity index (χ2n) is 9.99.